The van der Waals surface area contributed by atoms with Crippen LogP contribution in [0.4, 0.5) is 4.79 Å². The fourth-order valence-electron chi connectivity index (χ4n) is 4.41. The molecule has 0 aromatic heterocycles. The molecule has 0 saturated carbocycles. The number of carbonyl (C=O) groups is 3. The Morgan fingerprint density at radius 2 is 1.77 bits per heavy atom. The van der Waals surface area contributed by atoms with Gasteiger partial charge in [-0.15, -0.1) is 0 Å². The van der Waals surface area contributed by atoms with Gasteiger partial charge in [-0.1, -0.05) is 36.4 Å². The SMILES string of the molecule is CC(OC(=O)c1cccc(S(=O)(=O)N2CCC(Cc3ccccc3)CC2)c1)C(=O)N1CCNC1=O. The Bertz CT molecular complexity index is 1190. The first-order valence-electron chi connectivity index (χ1n) is 11.7. The minimum absolute atomic E-state index is 0.00589. The minimum atomic E-state index is -3.78. The average molecular weight is 500 g/mol. The fraction of sp³-hybridized carbons (Fsp3) is 0.400. The van der Waals surface area contributed by atoms with Crippen molar-refractivity contribution in [2.75, 3.05) is 26.2 Å². The van der Waals surface area contributed by atoms with E-state index in [9.17, 15) is 22.8 Å². The van der Waals surface area contributed by atoms with Crippen LogP contribution in [0.3, 0.4) is 0 Å². The molecule has 10 heteroatoms. The number of ether oxygens (including phenoxy) is 1. The molecule has 1 N–H and O–H groups in total. The molecule has 0 radical (unpaired) electrons. The maximum Gasteiger partial charge on any atom is 0.338 e. The van der Waals surface area contributed by atoms with Crippen LogP contribution in [0.2, 0.25) is 0 Å². The fourth-order valence-corrected chi connectivity index (χ4v) is 5.93. The summed E-state index contributed by atoms with van der Waals surface area (Å²) < 4.78 is 33.2. The Labute approximate surface area is 205 Å². The Hall–Kier alpha value is -3.24. The van der Waals surface area contributed by atoms with E-state index in [-0.39, 0.29) is 17.0 Å². The molecule has 1 unspecified atom stereocenters. The first-order chi connectivity index (χ1) is 16.8. The maximum absolute atomic E-state index is 13.2. The molecule has 9 nitrogen and oxygen atoms in total. The number of hydrogen-bond acceptors (Lipinski definition) is 6. The molecule has 1 atom stereocenters. The summed E-state index contributed by atoms with van der Waals surface area (Å²) in [6.45, 7) is 2.76. The van der Waals surface area contributed by atoms with Gasteiger partial charge in [0.1, 0.15) is 0 Å². The number of urea groups is 1. The molecule has 2 fully saturated rings. The minimum Gasteiger partial charge on any atom is -0.449 e. The number of sulfonamides is 1. The average Bonchev–Trinajstić information content (AvgIpc) is 3.30. The molecule has 0 bridgehead atoms. The third-order valence-electron chi connectivity index (χ3n) is 6.40. The second kappa shape index (κ2) is 10.6. The highest BCUT2D eigenvalue weighted by atomic mass is 32.2. The van der Waals surface area contributed by atoms with Crippen molar-refractivity contribution in [1.29, 1.82) is 0 Å². The van der Waals surface area contributed by atoms with Crippen LogP contribution in [0.1, 0.15) is 35.7 Å². The molecule has 35 heavy (non-hydrogen) atoms. The molecule has 2 aliphatic rings. The highest BCUT2D eigenvalue weighted by molar-refractivity contribution is 7.89. The lowest BCUT2D eigenvalue weighted by atomic mass is 9.91. The monoisotopic (exact) mass is 499 g/mol. The van der Waals surface area contributed by atoms with Gasteiger partial charge in [-0.3, -0.25) is 9.69 Å². The molecule has 2 aromatic carbocycles. The van der Waals surface area contributed by atoms with Crippen LogP contribution in [0, 0.1) is 5.92 Å². The van der Waals surface area contributed by atoms with Crippen molar-refractivity contribution in [3.05, 3.63) is 65.7 Å². The number of rotatable bonds is 7. The molecule has 0 aliphatic carbocycles. The predicted octanol–water partition coefficient (Wildman–Crippen LogP) is 2.43. The molecule has 2 aliphatic heterocycles. The van der Waals surface area contributed by atoms with E-state index in [2.05, 4.69) is 17.4 Å². The van der Waals surface area contributed by atoms with Crippen molar-refractivity contribution in [2.24, 2.45) is 5.92 Å². The van der Waals surface area contributed by atoms with Crippen LogP contribution in [-0.4, -0.2) is 67.8 Å². The highest BCUT2D eigenvalue weighted by Crippen LogP contribution is 2.26. The molecule has 0 spiro atoms. The summed E-state index contributed by atoms with van der Waals surface area (Å²) in [5.41, 5.74) is 1.27. The van der Waals surface area contributed by atoms with E-state index in [4.69, 9.17) is 4.74 Å². The number of nitrogens with zero attached hydrogens (tertiary/aromatic N) is 2. The van der Waals surface area contributed by atoms with E-state index in [1.165, 1.54) is 41.1 Å². The second-order valence-electron chi connectivity index (χ2n) is 8.83. The normalized spacial score (nSPS) is 18.2. The molecular weight excluding hydrogens is 470 g/mol. The third kappa shape index (κ3) is 5.71. The molecular formula is C25H29N3O6S. The van der Waals surface area contributed by atoms with Crippen molar-refractivity contribution in [3.63, 3.8) is 0 Å². The number of nitrogens with one attached hydrogen (secondary N) is 1. The number of piperidine rings is 1. The van der Waals surface area contributed by atoms with E-state index in [1.807, 2.05) is 18.2 Å². The molecule has 2 heterocycles. The van der Waals surface area contributed by atoms with Gasteiger partial charge < -0.3 is 10.1 Å². The number of carbonyl (C=O) groups excluding carboxylic acids is 3. The van der Waals surface area contributed by atoms with Crippen molar-refractivity contribution in [3.8, 4) is 0 Å². The number of amides is 3. The first kappa shape index (κ1) is 24.9. The zero-order chi connectivity index (χ0) is 25.0. The summed E-state index contributed by atoms with van der Waals surface area (Å²) in [6, 6.07) is 15.3. The van der Waals surface area contributed by atoms with Crippen LogP contribution in [0.5, 0.6) is 0 Å². The maximum atomic E-state index is 13.2. The molecule has 186 valence electrons. The molecule has 4 rings (SSSR count). The lowest BCUT2D eigenvalue weighted by Gasteiger charge is -2.31. The molecule has 2 saturated heterocycles. The van der Waals surface area contributed by atoms with Crippen LogP contribution in [0.15, 0.2) is 59.5 Å². The smallest absolute Gasteiger partial charge is 0.338 e. The van der Waals surface area contributed by atoms with Crippen LogP contribution < -0.4 is 5.32 Å². The van der Waals surface area contributed by atoms with Crippen molar-refractivity contribution in [2.45, 2.75) is 37.2 Å². The summed E-state index contributed by atoms with van der Waals surface area (Å²) >= 11 is 0. The number of imide groups is 1. The number of benzene rings is 2. The summed E-state index contributed by atoms with van der Waals surface area (Å²) in [7, 11) is -3.78. The largest absolute Gasteiger partial charge is 0.449 e. The number of esters is 1. The number of hydrogen-bond donors (Lipinski definition) is 1. The van der Waals surface area contributed by atoms with Gasteiger partial charge in [0, 0.05) is 26.2 Å². The summed E-state index contributed by atoms with van der Waals surface area (Å²) in [4.78, 5) is 37.7. The van der Waals surface area contributed by atoms with Gasteiger partial charge in [0.25, 0.3) is 5.91 Å². The van der Waals surface area contributed by atoms with Crippen LogP contribution >= 0.6 is 0 Å². The van der Waals surface area contributed by atoms with Gasteiger partial charge >= 0.3 is 12.0 Å². The summed E-state index contributed by atoms with van der Waals surface area (Å²) in [5, 5.41) is 2.51. The van der Waals surface area contributed by atoms with Crippen LogP contribution in [-0.2, 0) is 26.0 Å². The lowest BCUT2D eigenvalue weighted by Crippen LogP contribution is -2.41. The van der Waals surface area contributed by atoms with Gasteiger partial charge in [-0.25, -0.2) is 18.0 Å². The Morgan fingerprint density at radius 3 is 2.43 bits per heavy atom. The van der Waals surface area contributed by atoms with Gasteiger partial charge in [-0.2, -0.15) is 4.31 Å². The topological polar surface area (TPSA) is 113 Å². The Morgan fingerprint density at radius 1 is 1.06 bits per heavy atom. The third-order valence-corrected chi connectivity index (χ3v) is 8.30. The van der Waals surface area contributed by atoms with E-state index >= 15 is 0 Å². The standard InChI is InChI=1S/C25H29N3O6S/c1-18(23(29)28-15-12-26-25(28)31)34-24(30)21-8-5-9-22(17-21)35(32,33)27-13-10-20(11-14-27)16-19-6-3-2-4-7-19/h2-9,17-18,20H,10-16H2,1H3,(H,26,31). The Kier molecular flexibility index (Phi) is 7.51. The zero-order valence-electron chi connectivity index (χ0n) is 19.6. The van der Waals surface area contributed by atoms with E-state index in [0.717, 1.165) is 24.2 Å². The highest BCUT2D eigenvalue weighted by Gasteiger charge is 2.33. The molecule has 2 aromatic rings. The van der Waals surface area contributed by atoms with Crippen molar-refractivity contribution in [1.82, 2.24) is 14.5 Å². The van der Waals surface area contributed by atoms with Gasteiger partial charge in [0.2, 0.25) is 10.0 Å². The zero-order valence-corrected chi connectivity index (χ0v) is 20.4. The summed E-state index contributed by atoms with van der Waals surface area (Å²) in [6.07, 6.45) is 1.26. The van der Waals surface area contributed by atoms with E-state index in [1.54, 1.807) is 0 Å². The van der Waals surface area contributed by atoms with E-state index in [0.29, 0.717) is 25.6 Å². The van der Waals surface area contributed by atoms with E-state index < -0.39 is 34.0 Å². The lowest BCUT2D eigenvalue weighted by molar-refractivity contribution is -0.136. The summed E-state index contributed by atoms with van der Waals surface area (Å²) in [5.74, 6) is -1.04. The second-order valence-corrected chi connectivity index (χ2v) is 10.8. The quantitative estimate of drug-likeness (QED) is 0.586. The predicted molar refractivity (Wildman–Crippen MR) is 128 cm³/mol. The van der Waals surface area contributed by atoms with Crippen LogP contribution in [0.25, 0.3) is 0 Å². The van der Waals surface area contributed by atoms with Crippen molar-refractivity contribution >= 4 is 27.9 Å². The first-order valence-corrected chi connectivity index (χ1v) is 13.1. The van der Waals surface area contributed by atoms with Gasteiger partial charge in [-0.05, 0) is 55.9 Å². The van der Waals surface area contributed by atoms with Gasteiger partial charge in [0.15, 0.2) is 6.10 Å². The molecule has 3 amide bonds. The van der Waals surface area contributed by atoms with Gasteiger partial charge in [0.05, 0.1) is 10.5 Å². The van der Waals surface area contributed by atoms with Crippen molar-refractivity contribution < 1.29 is 27.5 Å². The Balaban J connectivity index is 1.38.